The summed E-state index contributed by atoms with van der Waals surface area (Å²) in [5.74, 6) is 0.305. The molecule has 0 fully saturated rings. The molecule has 3 aromatic carbocycles. The first kappa shape index (κ1) is 26.3. The van der Waals surface area contributed by atoms with E-state index in [1.165, 1.54) is 29.2 Å². The Morgan fingerprint density at radius 2 is 1.89 bits per heavy atom. The molecule has 1 heterocycles. The second-order valence-electron chi connectivity index (χ2n) is 7.69. The van der Waals surface area contributed by atoms with Gasteiger partial charge in [-0.2, -0.15) is 0 Å². The van der Waals surface area contributed by atoms with E-state index in [1.54, 1.807) is 18.2 Å². The fourth-order valence-electron chi connectivity index (χ4n) is 3.41. The summed E-state index contributed by atoms with van der Waals surface area (Å²) in [6.07, 6.45) is 0.618. The van der Waals surface area contributed by atoms with Gasteiger partial charge in [0, 0.05) is 15.6 Å². The average Bonchev–Trinajstić information content (AvgIpc) is 3.24. The van der Waals surface area contributed by atoms with Crippen LogP contribution in [0.15, 0.2) is 65.6 Å². The third kappa shape index (κ3) is 6.50. The molecule has 0 radical (unpaired) electrons. The van der Waals surface area contributed by atoms with Crippen LogP contribution in [0.3, 0.4) is 0 Å². The number of aromatic nitrogens is 1. The molecule has 36 heavy (non-hydrogen) atoms. The lowest BCUT2D eigenvalue weighted by atomic mass is 10.2. The van der Waals surface area contributed by atoms with Crippen LogP contribution in [0, 0.1) is 0 Å². The molecule has 0 saturated heterocycles. The van der Waals surface area contributed by atoms with E-state index in [0.717, 1.165) is 20.9 Å². The van der Waals surface area contributed by atoms with Gasteiger partial charge in [0.1, 0.15) is 5.75 Å². The molecule has 1 aromatic heterocycles. The largest absolute Gasteiger partial charge is 0.494 e. The Hall–Kier alpha value is -2.78. The first-order valence-electron chi connectivity index (χ1n) is 11.2. The van der Waals surface area contributed by atoms with Gasteiger partial charge in [-0.15, -0.1) is 11.8 Å². The molecule has 0 aliphatic rings. The van der Waals surface area contributed by atoms with Gasteiger partial charge in [0.15, 0.2) is 5.13 Å². The number of thioether (sulfide) groups is 1. The number of carbonyl (C=O) groups is 2. The van der Waals surface area contributed by atoms with Gasteiger partial charge in [0.2, 0.25) is 5.91 Å². The number of thiazole rings is 1. The molecule has 2 N–H and O–H groups in total. The number of rotatable bonds is 9. The number of carbonyl (C=O) groups excluding carboxylic acids is 2. The number of fused-ring (bicyclic) bond motifs is 1. The van der Waals surface area contributed by atoms with Crippen molar-refractivity contribution >= 4 is 79.2 Å². The first-order chi connectivity index (χ1) is 17.4. The lowest BCUT2D eigenvalue weighted by Gasteiger charge is -2.14. The van der Waals surface area contributed by atoms with Crippen molar-refractivity contribution in [3.63, 3.8) is 0 Å². The third-order valence-corrected chi connectivity index (χ3v) is 7.95. The van der Waals surface area contributed by atoms with Crippen molar-refractivity contribution in [3.05, 3.63) is 76.3 Å². The van der Waals surface area contributed by atoms with Gasteiger partial charge in [-0.25, -0.2) is 4.98 Å². The number of ether oxygens (including phenoxy) is 1. The van der Waals surface area contributed by atoms with Crippen LogP contribution in [0.25, 0.3) is 10.2 Å². The average molecular weight is 561 g/mol. The van der Waals surface area contributed by atoms with Gasteiger partial charge >= 0.3 is 0 Å². The Balaban J connectivity index is 1.42. The molecule has 6 nitrogen and oxygen atoms in total. The van der Waals surface area contributed by atoms with E-state index in [9.17, 15) is 9.59 Å². The van der Waals surface area contributed by atoms with Gasteiger partial charge in [-0.05, 0) is 67.9 Å². The summed E-state index contributed by atoms with van der Waals surface area (Å²) in [4.78, 5) is 31.0. The highest BCUT2D eigenvalue weighted by atomic mass is 35.5. The number of anilines is 2. The third-order valence-electron chi connectivity index (χ3n) is 5.11. The molecular weight excluding hydrogens is 537 g/mol. The van der Waals surface area contributed by atoms with Gasteiger partial charge in [-0.3, -0.25) is 9.59 Å². The van der Waals surface area contributed by atoms with Crippen molar-refractivity contribution in [3.8, 4) is 5.75 Å². The monoisotopic (exact) mass is 559 g/mol. The van der Waals surface area contributed by atoms with Crippen LogP contribution >= 0.6 is 46.3 Å². The maximum Gasteiger partial charge on any atom is 0.257 e. The topological polar surface area (TPSA) is 80.3 Å². The van der Waals surface area contributed by atoms with Crippen LogP contribution < -0.4 is 15.4 Å². The van der Waals surface area contributed by atoms with E-state index in [1.807, 2.05) is 50.2 Å². The maximum absolute atomic E-state index is 13.0. The predicted molar refractivity (Wildman–Crippen MR) is 150 cm³/mol. The van der Waals surface area contributed by atoms with Gasteiger partial charge in [0.05, 0.1) is 32.7 Å². The lowest BCUT2D eigenvalue weighted by molar-refractivity contribution is -0.115. The van der Waals surface area contributed by atoms with Crippen LogP contribution in [0.2, 0.25) is 10.0 Å². The minimum atomic E-state index is -0.341. The SMILES string of the molecule is CCOc1ccc2nc(NC(=O)C(CC)Sc3cccc(NC(=O)c4ccc(Cl)cc4Cl)c3)sc2c1. The number of benzene rings is 3. The molecule has 1 unspecified atom stereocenters. The van der Waals surface area contributed by atoms with E-state index in [-0.39, 0.29) is 22.1 Å². The molecule has 0 saturated carbocycles. The molecule has 2 amide bonds. The lowest BCUT2D eigenvalue weighted by Crippen LogP contribution is -2.24. The molecule has 4 aromatic rings. The van der Waals surface area contributed by atoms with Crippen LogP contribution in [0.1, 0.15) is 30.6 Å². The maximum atomic E-state index is 13.0. The van der Waals surface area contributed by atoms with Crippen molar-refractivity contribution in [2.24, 2.45) is 0 Å². The van der Waals surface area contributed by atoms with Crippen molar-refractivity contribution in [2.45, 2.75) is 30.4 Å². The molecule has 0 spiro atoms. The number of halogens is 2. The molecular formula is C26H23Cl2N3O3S2. The highest BCUT2D eigenvalue weighted by molar-refractivity contribution is 8.00. The summed E-state index contributed by atoms with van der Waals surface area (Å²) in [6, 6.07) is 17.7. The number of nitrogens with one attached hydrogen (secondary N) is 2. The zero-order chi connectivity index (χ0) is 25.7. The van der Waals surface area contributed by atoms with Crippen molar-refractivity contribution in [1.29, 1.82) is 0 Å². The zero-order valence-electron chi connectivity index (χ0n) is 19.5. The Bertz CT molecular complexity index is 1410. The minimum absolute atomic E-state index is 0.131. The summed E-state index contributed by atoms with van der Waals surface area (Å²) in [6.45, 7) is 4.48. The van der Waals surface area contributed by atoms with E-state index in [2.05, 4.69) is 15.6 Å². The standard InChI is InChI=1S/C26H23Cl2N3O3S2/c1-3-22(25(33)31-26-30-21-11-9-17(34-4-2)14-23(21)36-26)35-18-7-5-6-16(13-18)29-24(32)19-10-8-15(27)12-20(19)28/h5-14,22H,3-4H2,1-2H3,(H,29,32)(H,30,31,33). The van der Waals surface area contributed by atoms with Gasteiger partial charge in [-0.1, -0.05) is 47.5 Å². The van der Waals surface area contributed by atoms with E-state index < -0.39 is 0 Å². The Kier molecular flexibility index (Phi) is 8.74. The minimum Gasteiger partial charge on any atom is -0.494 e. The number of nitrogens with zero attached hydrogens (tertiary/aromatic N) is 1. The number of hydrogen-bond acceptors (Lipinski definition) is 6. The van der Waals surface area contributed by atoms with Crippen molar-refractivity contribution in [2.75, 3.05) is 17.2 Å². The molecule has 4 rings (SSSR count). The highest BCUT2D eigenvalue weighted by Crippen LogP contribution is 2.32. The number of amides is 2. The Labute approximate surface area is 227 Å². The van der Waals surface area contributed by atoms with E-state index in [0.29, 0.717) is 34.4 Å². The summed E-state index contributed by atoms with van der Waals surface area (Å²) in [5, 5.41) is 6.73. The quantitative estimate of drug-likeness (QED) is 0.205. The van der Waals surface area contributed by atoms with Gasteiger partial charge in [0.25, 0.3) is 5.91 Å². The fourth-order valence-corrected chi connectivity index (χ4v) is 5.81. The summed E-state index contributed by atoms with van der Waals surface area (Å²) in [7, 11) is 0. The molecule has 1 atom stereocenters. The summed E-state index contributed by atoms with van der Waals surface area (Å²) in [5.41, 5.74) is 1.74. The highest BCUT2D eigenvalue weighted by Gasteiger charge is 2.20. The Morgan fingerprint density at radius 3 is 2.64 bits per heavy atom. The molecule has 10 heteroatoms. The summed E-state index contributed by atoms with van der Waals surface area (Å²) >= 11 is 14.9. The van der Waals surface area contributed by atoms with E-state index in [4.69, 9.17) is 27.9 Å². The molecule has 0 aliphatic heterocycles. The second-order valence-corrected chi connectivity index (χ2v) is 10.8. The summed E-state index contributed by atoms with van der Waals surface area (Å²) < 4.78 is 6.49. The molecule has 0 aliphatic carbocycles. The fraction of sp³-hybridized carbons (Fsp3) is 0.192. The van der Waals surface area contributed by atoms with Crippen LogP contribution in [0.4, 0.5) is 10.8 Å². The van der Waals surface area contributed by atoms with Crippen LogP contribution in [-0.2, 0) is 4.79 Å². The zero-order valence-corrected chi connectivity index (χ0v) is 22.7. The van der Waals surface area contributed by atoms with Crippen LogP contribution in [0.5, 0.6) is 5.75 Å². The smallest absolute Gasteiger partial charge is 0.257 e. The number of hydrogen-bond donors (Lipinski definition) is 2. The van der Waals surface area contributed by atoms with Crippen molar-refractivity contribution < 1.29 is 14.3 Å². The second kappa shape index (κ2) is 12.0. The predicted octanol–water partition coefficient (Wildman–Crippen LogP) is 7.76. The Morgan fingerprint density at radius 1 is 1.06 bits per heavy atom. The van der Waals surface area contributed by atoms with Crippen LogP contribution in [-0.4, -0.2) is 28.7 Å². The molecule has 0 bridgehead atoms. The normalized spacial score (nSPS) is 11.8. The first-order valence-corrected chi connectivity index (χ1v) is 13.7. The molecule has 186 valence electrons. The van der Waals surface area contributed by atoms with Gasteiger partial charge < -0.3 is 15.4 Å². The van der Waals surface area contributed by atoms with E-state index >= 15 is 0 Å². The van der Waals surface area contributed by atoms with Crippen molar-refractivity contribution in [1.82, 2.24) is 4.98 Å².